The molecule has 0 radical (unpaired) electrons. The van der Waals surface area contributed by atoms with Crippen LogP contribution in [0.4, 0.5) is 0 Å². The first-order valence-corrected chi connectivity index (χ1v) is 6.71. The number of sulfonamides is 1. The molecule has 6 heteroatoms. The zero-order valence-electron chi connectivity index (χ0n) is 9.67. The van der Waals surface area contributed by atoms with Gasteiger partial charge < -0.3 is 5.11 Å². The molecule has 0 aromatic heterocycles. The minimum absolute atomic E-state index is 0.0625. The van der Waals surface area contributed by atoms with Crippen molar-refractivity contribution in [2.75, 3.05) is 0 Å². The van der Waals surface area contributed by atoms with Crippen LogP contribution in [-0.4, -0.2) is 25.5 Å². The van der Waals surface area contributed by atoms with Crippen LogP contribution < -0.4 is 4.72 Å². The van der Waals surface area contributed by atoms with Gasteiger partial charge in [0.15, 0.2) is 0 Å². The molecule has 0 aliphatic rings. The molecule has 1 unspecified atom stereocenters. The molecule has 17 heavy (non-hydrogen) atoms. The largest absolute Gasteiger partial charge is 0.478 e. The van der Waals surface area contributed by atoms with Crippen molar-refractivity contribution in [3.63, 3.8) is 0 Å². The summed E-state index contributed by atoms with van der Waals surface area (Å²) in [6.07, 6.45) is 0.687. The van der Waals surface area contributed by atoms with E-state index in [2.05, 4.69) is 4.72 Å². The van der Waals surface area contributed by atoms with Crippen molar-refractivity contribution in [2.45, 2.75) is 31.2 Å². The molecule has 0 aliphatic carbocycles. The highest BCUT2D eigenvalue weighted by Gasteiger charge is 2.16. The Morgan fingerprint density at radius 2 is 1.88 bits per heavy atom. The van der Waals surface area contributed by atoms with Gasteiger partial charge >= 0.3 is 5.97 Å². The molecule has 0 saturated carbocycles. The van der Waals surface area contributed by atoms with Crippen LogP contribution in [0.15, 0.2) is 29.2 Å². The van der Waals surface area contributed by atoms with E-state index in [1.165, 1.54) is 24.3 Å². The normalized spacial score (nSPS) is 13.3. The highest BCUT2D eigenvalue weighted by molar-refractivity contribution is 7.89. The maximum Gasteiger partial charge on any atom is 0.335 e. The fraction of sp³-hybridized carbons (Fsp3) is 0.364. The van der Waals surface area contributed by atoms with Crippen LogP contribution >= 0.6 is 0 Å². The number of benzene rings is 1. The van der Waals surface area contributed by atoms with Crippen LogP contribution in [0.5, 0.6) is 0 Å². The van der Waals surface area contributed by atoms with E-state index >= 15 is 0 Å². The van der Waals surface area contributed by atoms with Crippen LogP contribution in [0.2, 0.25) is 0 Å². The van der Waals surface area contributed by atoms with Crippen molar-refractivity contribution in [2.24, 2.45) is 0 Å². The summed E-state index contributed by atoms with van der Waals surface area (Å²) in [6.45, 7) is 3.64. The lowest BCUT2D eigenvalue weighted by atomic mass is 10.2. The number of carbonyl (C=O) groups is 1. The molecule has 0 fully saturated rings. The average Bonchev–Trinajstić information content (AvgIpc) is 2.28. The van der Waals surface area contributed by atoms with Gasteiger partial charge in [0, 0.05) is 6.04 Å². The van der Waals surface area contributed by atoms with Gasteiger partial charge in [-0.25, -0.2) is 17.9 Å². The highest BCUT2D eigenvalue weighted by atomic mass is 32.2. The predicted molar refractivity (Wildman–Crippen MR) is 63.5 cm³/mol. The van der Waals surface area contributed by atoms with Crippen molar-refractivity contribution in [3.05, 3.63) is 29.8 Å². The molecule has 1 rings (SSSR count). The van der Waals surface area contributed by atoms with Crippen LogP contribution in [0.3, 0.4) is 0 Å². The minimum Gasteiger partial charge on any atom is -0.478 e. The molecule has 1 aromatic carbocycles. The summed E-state index contributed by atoms with van der Waals surface area (Å²) in [5.41, 5.74) is 0.0625. The molecular formula is C11H15NO4S. The quantitative estimate of drug-likeness (QED) is 0.836. The lowest BCUT2D eigenvalue weighted by molar-refractivity contribution is 0.0696. The summed E-state index contributed by atoms with van der Waals surface area (Å²) in [4.78, 5) is 10.7. The van der Waals surface area contributed by atoms with E-state index in [1.807, 2.05) is 6.92 Å². The maximum absolute atomic E-state index is 11.8. The van der Waals surface area contributed by atoms with Gasteiger partial charge in [0.25, 0.3) is 0 Å². The molecule has 0 spiro atoms. The number of carboxylic acids is 1. The molecule has 0 aliphatic heterocycles. The van der Waals surface area contributed by atoms with Gasteiger partial charge in [-0.15, -0.1) is 0 Å². The second kappa shape index (κ2) is 5.29. The topological polar surface area (TPSA) is 83.5 Å². The smallest absolute Gasteiger partial charge is 0.335 e. The summed E-state index contributed by atoms with van der Waals surface area (Å²) in [7, 11) is -3.56. The number of carboxylic acid groups (broad SMARTS) is 1. The van der Waals surface area contributed by atoms with Gasteiger partial charge in [-0.2, -0.15) is 0 Å². The molecule has 94 valence electrons. The summed E-state index contributed by atoms with van der Waals surface area (Å²) in [5.74, 6) is -1.08. The minimum atomic E-state index is -3.56. The lowest BCUT2D eigenvalue weighted by Crippen LogP contribution is -2.31. The third kappa shape index (κ3) is 3.54. The van der Waals surface area contributed by atoms with E-state index in [0.29, 0.717) is 6.42 Å². The van der Waals surface area contributed by atoms with Crippen molar-refractivity contribution < 1.29 is 18.3 Å². The second-order valence-corrected chi connectivity index (χ2v) is 5.47. The third-order valence-corrected chi connectivity index (χ3v) is 3.99. The maximum atomic E-state index is 11.8. The van der Waals surface area contributed by atoms with Crippen molar-refractivity contribution in [1.29, 1.82) is 0 Å². The average molecular weight is 257 g/mol. The highest BCUT2D eigenvalue weighted by Crippen LogP contribution is 2.11. The van der Waals surface area contributed by atoms with Crippen molar-refractivity contribution >= 4 is 16.0 Å². The second-order valence-electron chi connectivity index (χ2n) is 3.76. The molecule has 0 bridgehead atoms. The molecule has 1 aromatic rings. The van der Waals surface area contributed by atoms with E-state index < -0.39 is 16.0 Å². The van der Waals surface area contributed by atoms with E-state index in [0.717, 1.165) is 0 Å². The Balaban J connectivity index is 2.96. The fourth-order valence-electron chi connectivity index (χ4n) is 1.19. The van der Waals surface area contributed by atoms with Gasteiger partial charge in [0.2, 0.25) is 10.0 Å². The monoisotopic (exact) mass is 257 g/mol. The van der Waals surface area contributed by atoms with Gasteiger partial charge in [0.05, 0.1) is 10.5 Å². The third-order valence-electron chi connectivity index (χ3n) is 2.38. The number of nitrogens with one attached hydrogen (secondary N) is 1. The van der Waals surface area contributed by atoms with Gasteiger partial charge in [-0.05, 0) is 37.6 Å². The fourth-order valence-corrected chi connectivity index (χ4v) is 2.52. The Morgan fingerprint density at radius 3 is 2.29 bits per heavy atom. The molecule has 2 N–H and O–H groups in total. The Kier molecular flexibility index (Phi) is 4.25. The Morgan fingerprint density at radius 1 is 1.35 bits per heavy atom. The first kappa shape index (κ1) is 13.7. The molecule has 0 saturated heterocycles. The Bertz CT molecular complexity index is 493. The van der Waals surface area contributed by atoms with Crippen molar-refractivity contribution in [3.8, 4) is 0 Å². The summed E-state index contributed by atoms with van der Waals surface area (Å²) in [5, 5.41) is 8.70. The lowest BCUT2D eigenvalue weighted by Gasteiger charge is -2.11. The van der Waals surface area contributed by atoms with Crippen LogP contribution in [0, 0.1) is 0 Å². The van der Waals surface area contributed by atoms with Gasteiger partial charge in [-0.1, -0.05) is 6.92 Å². The molecule has 1 atom stereocenters. The molecule has 0 heterocycles. The molecular weight excluding hydrogens is 242 g/mol. The predicted octanol–water partition coefficient (Wildman–Crippen LogP) is 1.46. The first-order chi connectivity index (χ1) is 7.86. The molecule has 5 nitrogen and oxygen atoms in total. The van der Waals surface area contributed by atoms with E-state index in [9.17, 15) is 13.2 Å². The van der Waals surface area contributed by atoms with Gasteiger partial charge in [-0.3, -0.25) is 0 Å². The van der Waals surface area contributed by atoms with E-state index in [4.69, 9.17) is 5.11 Å². The Hall–Kier alpha value is -1.40. The summed E-state index contributed by atoms with van der Waals surface area (Å²) >= 11 is 0. The standard InChI is InChI=1S/C11H15NO4S/c1-3-8(2)12-17(15,16)10-6-4-9(5-7-10)11(13)14/h4-8,12H,3H2,1-2H3,(H,13,14). The Labute approximate surface area is 101 Å². The van der Waals surface area contributed by atoms with Crippen molar-refractivity contribution in [1.82, 2.24) is 4.72 Å². The van der Waals surface area contributed by atoms with Crippen LogP contribution in [0.1, 0.15) is 30.6 Å². The zero-order valence-corrected chi connectivity index (χ0v) is 10.5. The van der Waals surface area contributed by atoms with Crippen LogP contribution in [-0.2, 0) is 10.0 Å². The first-order valence-electron chi connectivity index (χ1n) is 5.22. The summed E-state index contributed by atoms with van der Waals surface area (Å²) < 4.78 is 26.1. The zero-order chi connectivity index (χ0) is 13.1. The number of hydrogen-bond donors (Lipinski definition) is 2. The summed E-state index contributed by atoms with van der Waals surface area (Å²) in [6, 6.07) is 4.96. The SMILES string of the molecule is CCC(C)NS(=O)(=O)c1ccc(C(=O)O)cc1. The molecule has 0 amide bonds. The van der Waals surface area contributed by atoms with E-state index in [-0.39, 0.29) is 16.5 Å². The number of aromatic carboxylic acids is 1. The van der Waals surface area contributed by atoms with Gasteiger partial charge in [0.1, 0.15) is 0 Å². The number of rotatable bonds is 5. The van der Waals surface area contributed by atoms with E-state index in [1.54, 1.807) is 6.92 Å². The number of hydrogen-bond acceptors (Lipinski definition) is 3. The van der Waals surface area contributed by atoms with Crippen LogP contribution in [0.25, 0.3) is 0 Å².